The molecule has 3 N–H and O–H groups in total. The van der Waals surface area contributed by atoms with E-state index in [4.69, 9.17) is 19.7 Å². The second kappa shape index (κ2) is 13.1. The van der Waals surface area contributed by atoms with Crippen LogP contribution in [0.3, 0.4) is 0 Å². The van der Waals surface area contributed by atoms with E-state index >= 15 is 0 Å². The van der Waals surface area contributed by atoms with Gasteiger partial charge in [0.15, 0.2) is 0 Å². The van der Waals surface area contributed by atoms with Crippen LogP contribution in [0, 0.1) is 19.8 Å². The summed E-state index contributed by atoms with van der Waals surface area (Å²) < 4.78 is 6.24. The molecule has 8 nitrogen and oxygen atoms in total. The fraction of sp³-hybridized carbons (Fsp3) is 0.500. The molecule has 1 fully saturated rings. The predicted molar refractivity (Wildman–Crippen MR) is 154 cm³/mol. The molecule has 0 spiro atoms. The van der Waals surface area contributed by atoms with E-state index in [-0.39, 0.29) is 12.0 Å². The van der Waals surface area contributed by atoms with E-state index in [1.54, 1.807) is 24.5 Å². The van der Waals surface area contributed by atoms with Crippen molar-refractivity contribution in [3.8, 4) is 10.6 Å². The molecule has 3 heterocycles. The third-order valence-corrected chi connectivity index (χ3v) is 7.52. The highest BCUT2D eigenvalue weighted by molar-refractivity contribution is 7.21. The van der Waals surface area contributed by atoms with Crippen molar-refractivity contribution in [2.24, 2.45) is 5.92 Å². The average molecular weight is 525 g/mol. The highest BCUT2D eigenvalue weighted by atomic mass is 32.1. The van der Waals surface area contributed by atoms with Crippen LogP contribution in [0.4, 0.5) is 11.8 Å². The molecule has 37 heavy (non-hydrogen) atoms. The van der Waals surface area contributed by atoms with Gasteiger partial charge in [-0.2, -0.15) is 4.98 Å². The molecule has 4 rings (SSSR count). The first-order valence-corrected chi connectivity index (χ1v) is 13.6. The summed E-state index contributed by atoms with van der Waals surface area (Å²) >= 11 is 1.63. The van der Waals surface area contributed by atoms with Crippen molar-refractivity contribution in [2.45, 2.75) is 65.5 Å². The summed E-state index contributed by atoms with van der Waals surface area (Å²) in [7, 11) is 1.67. The Morgan fingerprint density at radius 2 is 2.00 bits per heavy atom. The Kier molecular flexibility index (Phi) is 10.1. The van der Waals surface area contributed by atoms with Crippen LogP contribution in [0.5, 0.6) is 0 Å². The van der Waals surface area contributed by atoms with Crippen LogP contribution in [0.25, 0.3) is 20.8 Å². The molecule has 1 unspecified atom stereocenters. The number of hydrogen-bond acceptors (Lipinski definition) is 9. The van der Waals surface area contributed by atoms with Gasteiger partial charge in [-0.3, -0.25) is 4.98 Å². The number of rotatable bonds is 9. The molecule has 0 bridgehead atoms. The number of aliphatic hydroxyl groups is 1. The van der Waals surface area contributed by atoms with Crippen LogP contribution >= 0.6 is 11.3 Å². The Labute approximate surface area is 224 Å². The van der Waals surface area contributed by atoms with Gasteiger partial charge in [-0.1, -0.05) is 24.8 Å². The van der Waals surface area contributed by atoms with Crippen molar-refractivity contribution in [2.75, 3.05) is 30.9 Å². The predicted octanol–water partition coefficient (Wildman–Crippen LogP) is 5.92. The van der Waals surface area contributed by atoms with Gasteiger partial charge < -0.3 is 20.5 Å². The Hall–Kier alpha value is -2.88. The lowest BCUT2D eigenvalue weighted by atomic mass is 9.89. The normalized spacial score (nSPS) is 17.6. The van der Waals surface area contributed by atoms with Crippen LogP contribution < -0.4 is 10.6 Å². The van der Waals surface area contributed by atoms with Crippen LogP contribution in [0.2, 0.25) is 0 Å². The molecule has 3 aromatic heterocycles. The zero-order valence-corrected chi connectivity index (χ0v) is 23.7. The lowest BCUT2D eigenvalue weighted by Gasteiger charge is -2.25. The molecule has 1 aliphatic carbocycles. The first kappa shape index (κ1) is 28.7. The summed E-state index contributed by atoms with van der Waals surface area (Å²) in [4.78, 5) is 18.8. The van der Waals surface area contributed by atoms with Crippen molar-refractivity contribution in [3.05, 3.63) is 48.5 Å². The van der Waals surface area contributed by atoms with Gasteiger partial charge in [0.25, 0.3) is 0 Å². The summed E-state index contributed by atoms with van der Waals surface area (Å²) in [6, 6.07) is 2.24. The van der Waals surface area contributed by atoms with Crippen molar-refractivity contribution in [1.29, 1.82) is 0 Å². The quantitative estimate of drug-likeness (QED) is 0.234. The average Bonchev–Trinajstić information content (AvgIpc) is 3.48. The number of pyridine rings is 1. The largest absolute Gasteiger partial charge is 0.390 e. The van der Waals surface area contributed by atoms with Gasteiger partial charge in [0, 0.05) is 25.9 Å². The van der Waals surface area contributed by atoms with E-state index in [9.17, 15) is 5.11 Å². The van der Waals surface area contributed by atoms with Crippen LogP contribution in [0.1, 0.15) is 51.4 Å². The summed E-state index contributed by atoms with van der Waals surface area (Å²) in [5, 5.41) is 18.2. The smallest absolute Gasteiger partial charge is 0.224 e. The number of hydrogen-bond donors (Lipinski definition) is 3. The maximum atomic E-state index is 10.5. The maximum Gasteiger partial charge on any atom is 0.224 e. The molecule has 0 aromatic carbocycles. The fourth-order valence-electron chi connectivity index (χ4n) is 4.45. The number of allylic oxidation sites excluding steroid dienone is 3. The van der Waals surface area contributed by atoms with Crippen molar-refractivity contribution < 1.29 is 9.84 Å². The number of thiazole rings is 1. The summed E-state index contributed by atoms with van der Waals surface area (Å²) in [5.41, 5.74) is 2.95. The molecular formula is C28H40N6O2S. The Morgan fingerprint density at radius 3 is 2.59 bits per heavy atom. The van der Waals surface area contributed by atoms with Gasteiger partial charge in [-0.15, -0.1) is 11.3 Å². The minimum absolute atomic E-state index is 0.240. The molecular weight excluding hydrogens is 484 g/mol. The lowest BCUT2D eigenvalue weighted by Crippen LogP contribution is -2.30. The fourth-order valence-corrected chi connectivity index (χ4v) is 5.56. The van der Waals surface area contributed by atoms with Crippen molar-refractivity contribution in [3.63, 3.8) is 0 Å². The molecule has 0 aliphatic heterocycles. The third-order valence-electron chi connectivity index (χ3n) is 6.48. The second-order valence-corrected chi connectivity index (χ2v) is 10.8. The first-order valence-electron chi connectivity index (χ1n) is 12.7. The molecule has 2 atom stereocenters. The molecule has 3 aromatic rings. The summed E-state index contributed by atoms with van der Waals surface area (Å²) in [6.07, 6.45) is 10.3. The molecule has 1 saturated carbocycles. The van der Waals surface area contributed by atoms with E-state index in [1.165, 1.54) is 0 Å². The Balaban J connectivity index is 0.000000695. The number of nitrogens with zero attached hydrogens (tertiary/aromatic N) is 4. The highest BCUT2D eigenvalue weighted by Crippen LogP contribution is 2.39. The molecule has 0 radical (unpaired) electrons. The number of anilines is 2. The van der Waals surface area contributed by atoms with Crippen LogP contribution in [0.15, 0.2) is 37.1 Å². The number of aryl methyl sites for hydroxylation is 2. The third kappa shape index (κ3) is 7.56. The van der Waals surface area contributed by atoms with E-state index < -0.39 is 5.60 Å². The number of aromatic nitrogens is 4. The van der Waals surface area contributed by atoms with Crippen LogP contribution in [-0.2, 0) is 4.74 Å². The summed E-state index contributed by atoms with van der Waals surface area (Å²) in [6.45, 7) is 14.4. The van der Waals surface area contributed by atoms with E-state index in [0.29, 0.717) is 19.1 Å². The van der Waals surface area contributed by atoms with E-state index in [2.05, 4.69) is 22.2 Å². The Morgan fingerprint density at radius 1 is 1.22 bits per heavy atom. The van der Waals surface area contributed by atoms with Crippen molar-refractivity contribution >= 4 is 33.3 Å². The molecule has 200 valence electrons. The van der Waals surface area contributed by atoms with Gasteiger partial charge in [-0.05, 0) is 65.9 Å². The number of fused-ring (bicyclic) bond motifs is 1. The van der Waals surface area contributed by atoms with Gasteiger partial charge in [0.2, 0.25) is 5.95 Å². The summed E-state index contributed by atoms with van der Waals surface area (Å²) in [5.74, 6) is 1.62. The first-order chi connectivity index (χ1) is 17.7. The topological polar surface area (TPSA) is 105 Å². The highest BCUT2D eigenvalue weighted by Gasteiger charge is 2.35. The molecule has 0 saturated heterocycles. The second-order valence-electron chi connectivity index (χ2n) is 9.80. The van der Waals surface area contributed by atoms with Crippen LogP contribution in [-0.4, -0.2) is 56.9 Å². The standard InChI is InChI=1S/C23H32N6O2S.C5H8/c1-13-18(21-28-19-14(2)24-9-8-17(19)32-21)20(29-22(26-13)25-10-11-31-5)27-16-7-6-15(12-16)23(3,4)30;1-3-5-4-2/h8-9,15-16,30H,6-7,10-12H2,1-5H3,(H2,25,26,27,29);3-5H,1H2,2H3/b;5-4-/t15?,16-;/m0./s1. The van der Waals surface area contributed by atoms with E-state index in [0.717, 1.165) is 57.3 Å². The van der Waals surface area contributed by atoms with Crippen molar-refractivity contribution in [1.82, 2.24) is 19.9 Å². The minimum Gasteiger partial charge on any atom is -0.390 e. The minimum atomic E-state index is -0.675. The zero-order chi connectivity index (χ0) is 27.0. The number of methoxy groups -OCH3 is 1. The van der Waals surface area contributed by atoms with Gasteiger partial charge in [0.1, 0.15) is 16.3 Å². The number of ether oxygens (including phenoxy) is 1. The Bertz CT molecular complexity index is 1220. The SMILES string of the molecule is C=C/C=C\C.COCCNc1nc(C)c(-c2nc3c(C)nccc3s2)c(N[C@H]2CCC(C(C)(C)O)C2)n1. The van der Waals surface area contributed by atoms with Gasteiger partial charge >= 0.3 is 0 Å². The number of nitrogens with one attached hydrogen (secondary N) is 2. The van der Waals surface area contributed by atoms with E-state index in [1.807, 2.05) is 59.0 Å². The monoisotopic (exact) mass is 524 g/mol. The molecule has 1 aliphatic rings. The zero-order valence-electron chi connectivity index (χ0n) is 22.8. The molecule has 0 amide bonds. The van der Waals surface area contributed by atoms with Gasteiger partial charge in [-0.25, -0.2) is 9.97 Å². The van der Waals surface area contributed by atoms with Gasteiger partial charge in [0.05, 0.1) is 33.9 Å². The lowest BCUT2D eigenvalue weighted by molar-refractivity contribution is 0.0197. The molecule has 9 heteroatoms. The maximum absolute atomic E-state index is 10.5.